The van der Waals surface area contributed by atoms with E-state index in [4.69, 9.17) is 21.9 Å². The second-order valence-electron chi connectivity index (χ2n) is 4.78. The van der Waals surface area contributed by atoms with Crippen LogP contribution < -0.4 is 4.74 Å². The van der Waals surface area contributed by atoms with Crippen molar-refractivity contribution in [3.8, 4) is 17.0 Å². The summed E-state index contributed by atoms with van der Waals surface area (Å²) in [5.41, 5.74) is 2.10. The van der Waals surface area contributed by atoms with E-state index in [0.717, 1.165) is 27.0 Å². The lowest BCUT2D eigenvalue weighted by Gasteiger charge is -2.02. The van der Waals surface area contributed by atoms with Crippen LogP contribution in [0.4, 0.5) is 0 Å². The molecule has 0 bridgehead atoms. The smallest absolute Gasteiger partial charge is 0.118 e. The fraction of sp³-hybridized carbons (Fsp3) is 0.188. The minimum Gasteiger partial charge on any atom is -0.497 e. The molecule has 22 heavy (non-hydrogen) atoms. The molecular weight excluding hydrogens is 314 g/mol. The number of aryl methyl sites for hydroxylation is 1. The Morgan fingerprint density at radius 3 is 2.73 bits per heavy atom. The molecule has 0 spiro atoms. The van der Waals surface area contributed by atoms with Crippen LogP contribution in [0.25, 0.3) is 11.3 Å². The first kappa shape index (κ1) is 14.9. The van der Waals surface area contributed by atoms with Gasteiger partial charge in [0.05, 0.1) is 30.5 Å². The van der Waals surface area contributed by atoms with Crippen molar-refractivity contribution in [3.05, 3.63) is 52.9 Å². The molecular formula is C16H15N3OS2. The average Bonchev–Trinajstić information content (AvgIpc) is 3.17. The van der Waals surface area contributed by atoms with Crippen LogP contribution in [0.2, 0.25) is 0 Å². The predicted octanol–water partition coefficient (Wildman–Crippen LogP) is 3.74. The number of hydrogen-bond acceptors (Lipinski definition) is 5. The number of ether oxygens (including phenoxy) is 1. The molecule has 1 aromatic carbocycles. The molecule has 0 aliphatic carbocycles. The van der Waals surface area contributed by atoms with Crippen molar-refractivity contribution in [2.24, 2.45) is 0 Å². The van der Waals surface area contributed by atoms with Crippen LogP contribution in [0.15, 0.2) is 43.0 Å². The van der Waals surface area contributed by atoms with Gasteiger partial charge in [-0.25, -0.2) is 9.97 Å². The van der Waals surface area contributed by atoms with Crippen LogP contribution in [0, 0.1) is 6.92 Å². The van der Waals surface area contributed by atoms with E-state index in [0.29, 0.717) is 6.42 Å². The van der Waals surface area contributed by atoms with Gasteiger partial charge in [0.15, 0.2) is 0 Å². The highest BCUT2D eigenvalue weighted by Crippen LogP contribution is 2.29. The summed E-state index contributed by atoms with van der Waals surface area (Å²) >= 11 is 7.11. The van der Waals surface area contributed by atoms with Gasteiger partial charge in [0.2, 0.25) is 0 Å². The largest absolute Gasteiger partial charge is 0.497 e. The number of thiazole rings is 1. The standard InChI is InChI=1S/C16H15N3OS2/c1-11-16(12-3-5-13(20-2)6-4-12)18-14(22-11)9-15(21)19-8-7-17-10-19/h3-8,10H,9H2,1-2H3. The fourth-order valence-electron chi connectivity index (χ4n) is 2.17. The van der Waals surface area contributed by atoms with E-state index < -0.39 is 0 Å². The molecule has 6 heteroatoms. The molecule has 4 nitrogen and oxygen atoms in total. The van der Waals surface area contributed by atoms with Crippen LogP contribution in [-0.2, 0) is 6.42 Å². The number of nitrogens with zero attached hydrogens (tertiary/aromatic N) is 3. The third-order valence-electron chi connectivity index (χ3n) is 3.30. The van der Waals surface area contributed by atoms with Crippen LogP contribution in [-0.4, -0.2) is 26.6 Å². The van der Waals surface area contributed by atoms with E-state index in [1.807, 2.05) is 35.0 Å². The van der Waals surface area contributed by atoms with Gasteiger partial charge in [-0.15, -0.1) is 11.3 Å². The summed E-state index contributed by atoms with van der Waals surface area (Å²) in [6.07, 6.45) is 5.94. The second kappa shape index (κ2) is 6.37. The lowest BCUT2D eigenvalue weighted by molar-refractivity contribution is 0.415. The normalized spacial score (nSPS) is 10.6. The van der Waals surface area contributed by atoms with Crippen molar-refractivity contribution in [3.63, 3.8) is 0 Å². The van der Waals surface area contributed by atoms with Crippen LogP contribution >= 0.6 is 23.6 Å². The Bertz CT molecular complexity index is 776. The molecule has 0 saturated heterocycles. The summed E-state index contributed by atoms with van der Waals surface area (Å²) in [6.45, 7) is 2.08. The van der Waals surface area contributed by atoms with E-state index in [1.165, 1.54) is 4.88 Å². The molecule has 0 aliphatic rings. The summed E-state index contributed by atoms with van der Waals surface area (Å²) in [5.74, 6) is 0.846. The van der Waals surface area contributed by atoms with E-state index in [1.54, 1.807) is 31.0 Å². The highest BCUT2D eigenvalue weighted by molar-refractivity contribution is 7.80. The Kier molecular flexibility index (Phi) is 4.31. The monoisotopic (exact) mass is 329 g/mol. The van der Waals surface area contributed by atoms with Crippen LogP contribution in [0.5, 0.6) is 5.75 Å². The minimum atomic E-state index is 0.646. The van der Waals surface area contributed by atoms with Gasteiger partial charge in [-0.3, -0.25) is 4.57 Å². The van der Waals surface area contributed by atoms with E-state index in [2.05, 4.69) is 11.9 Å². The third-order valence-corrected chi connectivity index (χ3v) is 4.63. The van der Waals surface area contributed by atoms with Gasteiger partial charge >= 0.3 is 0 Å². The SMILES string of the molecule is COc1ccc(-c2nc(CC(=S)n3ccnc3)sc2C)cc1. The maximum atomic E-state index is 5.43. The number of imidazole rings is 1. The number of benzene rings is 1. The third kappa shape index (κ3) is 3.08. The highest BCUT2D eigenvalue weighted by atomic mass is 32.1. The zero-order valence-corrected chi connectivity index (χ0v) is 13.9. The first-order valence-corrected chi connectivity index (χ1v) is 8.01. The first-order valence-electron chi connectivity index (χ1n) is 6.79. The number of methoxy groups -OCH3 is 1. The Labute approximate surface area is 138 Å². The van der Waals surface area contributed by atoms with Gasteiger partial charge in [-0.2, -0.15) is 0 Å². The molecule has 3 aromatic rings. The Balaban J connectivity index is 1.82. The zero-order chi connectivity index (χ0) is 15.5. The molecule has 0 fully saturated rings. The Morgan fingerprint density at radius 2 is 2.09 bits per heavy atom. The second-order valence-corrected chi connectivity index (χ2v) is 6.54. The van der Waals surface area contributed by atoms with Gasteiger partial charge in [0.25, 0.3) is 0 Å². The van der Waals surface area contributed by atoms with Gasteiger partial charge in [0.1, 0.15) is 10.8 Å². The van der Waals surface area contributed by atoms with Crippen LogP contribution in [0.3, 0.4) is 0 Å². The first-order chi connectivity index (χ1) is 10.7. The molecule has 2 aromatic heterocycles. The van der Waals surface area contributed by atoms with Crippen molar-refractivity contribution >= 4 is 28.5 Å². The zero-order valence-electron chi connectivity index (χ0n) is 12.3. The van der Waals surface area contributed by atoms with Crippen molar-refractivity contribution in [2.75, 3.05) is 7.11 Å². The molecule has 3 rings (SSSR count). The summed E-state index contributed by atoms with van der Waals surface area (Å²) in [6, 6.07) is 7.95. The van der Waals surface area contributed by atoms with Crippen molar-refractivity contribution < 1.29 is 4.74 Å². The minimum absolute atomic E-state index is 0.646. The predicted molar refractivity (Wildman–Crippen MR) is 92.8 cm³/mol. The van der Waals surface area contributed by atoms with Crippen molar-refractivity contribution in [1.29, 1.82) is 0 Å². The van der Waals surface area contributed by atoms with Gasteiger partial charge in [0, 0.05) is 22.8 Å². The number of hydrogen-bond donors (Lipinski definition) is 0. The van der Waals surface area contributed by atoms with E-state index in [9.17, 15) is 0 Å². The molecule has 0 amide bonds. The summed E-state index contributed by atoms with van der Waals surface area (Å²) in [4.78, 5) is 10.7. The van der Waals surface area contributed by atoms with E-state index in [-0.39, 0.29) is 0 Å². The Morgan fingerprint density at radius 1 is 1.32 bits per heavy atom. The molecule has 0 atom stereocenters. The molecule has 0 aliphatic heterocycles. The summed E-state index contributed by atoms with van der Waals surface area (Å²) in [5, 5.41) is 1.02. The molecule has 112 valence electrons. The number of aromatic nitrogens is 3. The van der Waals surface area contributed by atoms with Gasteiger partial charge in [-0.05, 0) is 31.2 Å². The van der Waals surface area contributed by atoms with Gasteiger partial charge < -0.3 is 4.74 Å². The van der Waals surface area contributed by atoms with Crippen molar-refractivity contribution in [2.45, 2.75) is 13.3 Å². The quantitative estimate of drug-likeness (QED) is 0.684. The van der Waals surface area contributed by atoms with Crippen LogP contribution in [0.1, 0.15) is 9.88 Å². The summed E-state index contributed by atoms with van der Waals surface area (Å²) < 4.78 is 7.04. The summed E-state index contributed by atoms with van der Waals surface area (Å²) in [7, 11) is 1.66. The van der Waals surface area contributed by atoms with Crippen molar-refractivity contribution in [1.82, 2.24) is 14.5 Å². The van der Waals surface area contributed by atoms with Gasteiger partial charge in [-0.1, -0.05) is 12.2 Å². The topological polar surface area (TPSA) is 39.9 Å². The average molecular weight is 329 g/mol. The number of thiocarbonyl (C=S) groups is 1. The lowest BCUT2D eigenvalue weighted by atomic mass is 10.1. The lowest BCUT2D eigenvalue weighted by Crippen LogP contribution is -2.09. The maximum absolute atomic E-state index is 5.43. The Hall–Kier alpha value is -2.05. The van der Waals surface area contributed by atoms with E-state index >= 15 is 0 Å². The molecule has 0 saturated carbocycles. The molecule has 2 heterocycles. The highest BCUT2D eigenvalue weighted by Gasteiger charge is 2.12. The molecule has 0 N–H and O–H groups in total. The maximum Gasteiger partial charge on any atom is 0.118 e. The number of rotatable bonds is 4. The molecule has 0 unspecified atom stereocenters. The molecule has 0 radical (unpaired) electrons. The fourth-order valence-corrected chi connectivity index (χ4v) is 3.47.